The predicted octanol–water partition coefficient (Wildman–Crippen LogP) is 4.65. The summed E-state index contributed by atoms with van der Waals surface area (Å²) in [6.45, 7) is 7.91. The second-order valence-electron chi connectivity index (χ2n) is 6.15. The molecule has 2 aromatic rings. The molecule has 120 valence electrons. The Balaban J connectivity index is 2.15. The van der Waals surface area contributed by atoms with E-state index in [4.69, 9.17) is 16.3 Å². The molecule has 0 aliphatic carbocycles. The molecule has 22 heavy (non-hydrogen) atoms. The first-order valence-corrected chi connectivity index (χ1v) is 12.1. The van der Waals surface area contributed by atoms with Crippen LogP contribution in [-0.2, 0) is 11.5 Å². The maximum absolute atomic E-state index is 13.0. The molecule has 2 heterocycles. The van der Waals surface area contributed by atoms with Gasteiger partial charge in [-0.05, 0) is 40.8 Å². The zero-order chi connectivity index (χ0) is 16.3. The molecule has 2 rings (SSSR count). The van der Waals surface area contributed by atoms with Crippen molar-refractivity contribution in [3.63, 3.8) is 0 Å². The molecule has 0 fully saturated rings. The van der Waals surface area contributed by atoms with Crippen LogP contribution < -0.4 is 0 Å². The molecule has 0 bridgehead atoms. The largest absolute Gasteiger partial charge is 0.361 e. The molecule has 0 unspecified atom stereocenters. The molecule has 0 N–H and O–H groups in total. The smallest absolute Gasteiger partial charge is 0.162 e. The van der Waals surface area contributed by atoms with Gasteiger partial charge < -0.3 is 4.74 Å². The third kappa shape index (κ3) is 4.74. The molecule has 0 atom stereocenters. The van der Waals surface area contributed by atoms with Crippen molar-refractivity contribution in [3.8, 4) is 11.5 Å². The van der Waals surface area contributed by atoms with Gasteiger partial charge in [0.15, 0.2) is 5.82 Å². The molecule has 0 aliphatic rings. The summed E-state index contributed by atoms with van der Waals surface area (Å²) in [4.78, 5) is 8.46. The van der Waals surface area contributed by atoms with Crippen LogP contribution in [0.15, 0.2) is 18.3 Å². The van der Waals surface area contributed by atoms with Crippen molar-refractivity contribution in [3.05, 3.63) is 33.0 Å². The first kappa shape index (κ1) is 17.8. The van der Waals surface area contributed by atoms with Crippen LogP contribution in [0.5, 0.6) is 0 Å². The lowest BCUT2D eigenvalue weighted by molar-refractivity contribution is 0.0883. The Morgan fingerprint density at radius 1 is 1.36 bits per heavy atom. The van der Waals surface area contributed by atoms with Crippen molar-refractivity contribution in [1.29, 1.82) is 0 Å². The molecule has 0 aromatic carbocycles. The van der Waals surface area contributed by atoms with E-state index < -0.39 is 8.07 Å². The molecule has 0 amide bonds. The lowest BCUT2D eigenvalue weighted by Crippen LogP contribution is -2.22. The van der Waals surface area contributed by atoms with Crippen molar-refractivity contribution in [1.82, 2.24) is 14.5 Å². The van der Waals surface area contributed by atoms with Gasteiger partial charge in [0.1, 0.15) is 27.1 Å². The van der Waals surface area contributed by atoms with Gasteiger partial charge in [-0.25, -0.2) is 14.4 Å². The van der Waals surface area contributed by atoms with E-state index in [0.717, 1.165) is 6.04 Å². The number of nitrogens with zero attached hydrogens (tertiary/aromatic N) is 3. The highest BCUT2D eigenvalue weighted by atomic mass is 127. The van der Waals surface area contributed by atoms with Gasteiger partial charge in [0.25, 0.3) is 0 Å². The highest BCUT2D eigenvalue weighted by molar-refractivity contribution is 14.1. The maximum atomic E-state index is 13.0. The van der Waals surface area contributed by atoms with Crippen LogP contribution in [0.25, 0.3) is 11.5 Å². The van der Waals surface area contributed by atoms with Crippen LogP contribution in [0.3, 0.4) is 0 Å². The second kappa shape index (κ2) is 7.37. The van der Waals surface area contributed by atoms with Gasteiger partial charge in [-0.3, -0.25) is 4.57 Å². The minimum absolute atomic E-state index is 0.313. The van der Waals surface area contributed by atoms with Gasteiger partial charge >= 0.3 is 0 Å². The molecule has 8 heteroatoms. The summed E-state index contributed by atoms with van der Waals surface area (Å²) in [7, 11) is -1.13. The standard InChI is InChI=1S/C14H18ClFIN3OSi/c1-22(2,3)7-6-21-9-20-12(15)13(17)19-14(20)11-5-4-10(16)8-18-11/h4-5,8H,6-7,9H2,1-3H3. The van der Waals surface area contributed by atoms with Gasteiger partial charge in [-0.15, -0.1) is 0 Å². The van der Waals surface area contributed by atoms with E-state index in [9.17, 15) is 4.39 Å². The van der Waals surface area contributed by atoms with Gasteiger partial charge in [-0.2, -0.15) is 0 Å². The summed E-state index contributed by atoms with van der Waals surface area (Å²) in [5.41, 5.74) is 0.569. The second-order valence-corrected chi connectivity index (χ2v) is 13.2. The normalized spacial score (nSPS) is 11.9. The summed E-state index contributed by atoms with van der Waals surface area (Å²) < 4.78 is 21.2. The molecule has 0 radical (unpaired) electrons. The van der Waals surface area contributed by atoms with E-state index in [-0.39, 0.29) is 5.82 Å². The molecule has 2 aromatic heterocycles. The number of hydrogen-bond donors (Lipinski definition) is 0. The lowest BCUT2D eigenvalue weighted by Gasteiger charge is -2.16. The first-order valence-electron chi connectivity index (χ1n) is 6.89. The topological polar surface area (TPSA) is 39.9 Å². The first-order chi connectivity index (χ1) is 10.3. The van der Waals surface area contributed by atoms with Gasteiger partial charge in [0.05, 0.1) is 6.20 Å². The highest BCUT2D eigenvalue weighted by Gasteiger charge is 2.17. The summed E-state index contributed by atoms with van der Waals surface area (Å²) >= 11 is 8.35. The molecule has 0 saturated carbocycles. The molecule has 4 nitrogen and oxygen atoms in total. The summed E-state index contributed by atoms with van der Waals surface area (Å²) in [5, 5.41) is 0.509. The Bertz CT molecular complexity index is 643. The van der Waals surface area contributed by atoms with Crippen LogP contribution in [0, 0.1) is 9.52 Å². The van der Waals surface area contributed by atoms with Crippen LogP contribution in [0.4, 0.5) is 4.39 Å². The van der Waals surface area contributed by atoms with E-state index in [2.05, 4.69) is 52.2 Å². The third-order valence-electron chi connectivity index (χ3n) is 3.04. The summed E-state index contributed by atoms with van der Waals surface area (Å²) in [6.07, 6.45) is 1.17. The number of pyridine rings is 1. The van der Waals surface area contributed by atoms with Gasteiger partial charge in [0.2, 0.25) is 0 Å². The number of hydrogen-bond acceptors (Lipinski definition) is 3. The van der Waals surface area contributed by atoms with E-state index in [1.807, 2.05) is 0 Å². The minimum atomic E-state index is -1.13. The number of halogens is 3. The predicted molar refractivity (Wildman–Crippen MR) is 97.2 cm³/mol. The van der Waals surface area contributed by atoms with Crippen molar-refractivity contribution in [2.24, 2.45) is 0 Å². The van der Waals surface area contributed by atoms with Crippen molar-refractivity contribution in [2.75, 3.05) is 6.61 Å². The SMILES string of the molecule is C[Si](C)(C)CCOCn1c(-c2ccc(F)cn2)nc(I)c1Cl. The highest BCUT2D eigenvalue weighted by Crippen LogP contribution is 2.26. The maximum Gasteiger partial charge on any atom is 0.162 e. The fourth-order valence-electron chi connectivity index (χ4n) is 1.76. The van der Waals surface area contributed by atoms with Crippen LogP contribution in [0.1, 0.15) is 0 Å². The molecule has 0 saturated heterocycles. The van der Waals surface area contributed by atoms with E-state index in [0.29, 0.717) is 33.7 Å². The fourth-order valence-corrected chi connectivity index (χ4v) is 3.21. The summed E-state index contributed by atoms with van der Waals surface area (Å²) in [5.74, 6) is 0.205. The van der Waals surface area contributed by atoms with E-state index >= 15 is 0 Å². The average Bonchev–Trinajstić information content (AvgIpc) is 2.71. The lowest BCUT2D eigenvalue weighted by atomic mass is 10.3. The zero-order valence-corrected chi connectivity index (χ0v) is 16.7. The molecular formula is C14H18ClFIN3OSi. The van der Waals surface area contributed by atoms with E-state index in [1.165, 1.54) is 12.3 Å². The Labute approximate surface area is 149 Å². The Hall–Kier alpha value is -0.513. The summed E-state index contributed by atoms with van der Waals surface area (Å²) in [6, 6.07) is 4.03. The molecular weight excluding hydrogens is 436 g/mol. The Kier molecular flexibility index (Phi) is 5.98. The average molecular weight is 454 g/mol. The third-order valence-corrected chi connectivity index (χ3v) is 6.20. The quantitative estimate of drug-likeness (QED) is 0.363. The zero-order valence-electron chi connectivity index (χ0n) is 12.7. The number of rotatable bonds is 6. The van der Waals surface area contributed by atoms with Crippen LogP contribution >= 0.6 is 34.2 Å². The number of ether oxygens (including phenoxy) is 1. The number of aromatic nitrogens is 3. The van der Waals surface area contributed by atoms with Crippen LogP contribution in [-0.4, -0.2) is 29.2 Å². The molecule has 0 aliphatic heterocycles. The van der Waals surface area contributed by atoms with Gasteiger partial charge in [-0.1, -0.05) is 31.2 Å². The van der Waals surface area contributed by atoms with Gasteiger partial charge in [0, 0.05) is 14.7 Å². The van der Waals surface area contributed by atoms with Crippen molar-refractivity contribution < 1.29 is 9.13 Å². The molecule has 0 spiro atoms. The van der Waals surface area contributed by atoms with Crippen molar-refractivity contribution in [2.45, 2.75) is 32.4 Å². The Morgan fingerprint density at radius 3 is 2.68 bits per heavy atom. The monoisotopic (exact) mass is 453 g/mol. The van der Waals surface area contributed by atoms with Crippen LogP contribution in [0.2, 0.25) is 30.8 Å². The number of imidazole rings is 1. The van der Waals surface area contributed by atoms with Crippen molar-refractivity contribution >= 4 is 42.3 Å². The Morgan fingerprint density at radius 2 is 2.09 bits per heavy atom. The fraction of sp³-hybridized carbons (Fsp3) is 0.429. The van der Waals surface area contributed by atoms with E-state index in [1.54, 1.807) is 10.6 Å². The minimum Gasteiger partial charge on any atom is -0.361 e.